The van der Waals surface area contributed by atoms with E-state index in [1.165, 1.54) is 10.6 Å². The van der Waals surface area contributed by atoms with E-state index in [2.05, 4.69) is 5.32 Å². The number of nitrogens with two attached hydrogens (primary N) is 1. The summed E-state index contributed by atoms with van der Waals surface area (Å²) in [4.78, 5) is 23.7. The van der Waals surface area contributed by atoms with E-state index in [4.69, 9.17) is 10.5 Å². The van der Waals surface area contributed by atoms with Gasteiger partial charge in [0, 0.05) is 32.0 Å². The summed E-state index contributed by atoms with van der Waals surface area (Å²) in [6.07, 6.45) is 2.64. The normalized spacial score (nSPS) is 18.0. The number of aromatic nitrogens is 1. The fraction of sp³-hybridized carbons (Fsp3) is 0.538. The van der Waals surface area contributed by atoms with Crippen LogP contribution in [0.4, 0.5) is 5.69 Å². The largest absolute Gasteiger partial charge is 0.381 e. The molecule has 1 fully saturated rings. The maximum atomic E-state index is 12.2. The van der Waals surface area contributed by atoms with E-state index >= 15 is 0 Å². The molecule has 0 spiro atoms. The number of carbonyl (C=O) groups excluding carboxylic acids is 1. The van der Waals surface area contributed by atoms with Crippen LogP contribution in [0.1, 0.15) is 19.8 Å². The molecule has 6 nitrogen and oxygen atoms in total. The lowest BCUT2D eigenvalue weighted by molar-refractivity contribution is -0.124. The molecule has 1 aromatic heterocycles. The molecule has 0 radical (unpaired) electrons. The Balaban J connectivity index is 2.12. The SMILES string of the molecule is CCn1cc(NC(=O)C2(N)CCOCC2)ccc1=O. The predicted molar refractivity (Wildman–Crippen MR) is 72.0 cm³/mol. The van der Waals surface area contributed by atoms with Crippen LogP contribution in [0.15, 0.2) is 23.1 Å². The number of hydrogen-bond acceptors (Lipinski definition) is 4. The van der Waals surface area contributed by atoms with Crippen LogP contribution in [-0.2, 0) is 16.1 Å². The predicted octanol–water partition coefficient (Wildman–Crippen LogP) is 0.315. The third-order valence-corrected chi connectivity index (χ3v) is 3.42. The molecular formula is C13H19N3O3. The highest BCUT2D eigenvalue weighted by molar-refractivity contribution is 5.97. The molecule has 0 atom stereocenters. The van der Waals surface area contributed by atoms with Gasteiger partial charge in [0.25, 0.3) is 5.56 Å². The van der Waals surface area contributed by atoms with E-state index in [0.717, 1.165) is 0 Å². The summed E-state index contributed by atoms with van der Waals surface area (Å²) in [5, 5.41) is 2.77. The standard InChI is InChI=1S/C13H19N3O3/c1-2-16-9-10(3-4-11(16)17)15-12(18)13(14)5-7-19-8-6-13/h3-4,9H,2,5-8,14H2,1H3,(H,15,18). The Hall–Kier alpha value is -1.66. The van der Waals surface area contributed by atoms with Gasteiger partial charge in [-0.15, -0.1) is 0 Å². The molecule has 0 unspecified atom stereocenters. The van der Waals surface area contributed by atoms with Crippen molar-refractivity contribution in [1.29, 1.82) is 0 Å². The number of carbonyl (C=O) groups is 1. The summed E-state index contributed by atoms with van der Waals surface area (Å²) in [6.45, 7) is 3.43. The molecular weight excluding hydrogens is 246 g/mol. The lowest BCUT2D eigenvalue weighted by atomic mass is 9.90. The topological polar surface area (TPSA) is 86.3 Å². The van der Waals surface area contributed by atoms with E-state index in [1.54, 1.807) is 12.3 Å². The second-order valence-electron chi connectivity index (χ2n) is 4.76. The zero-order valence-electron chi connectivity index (χ0n) is 11.0. The van der Waals surface area contributed by atoms with Crippen molar-refractivity contribution in [2.45, 2.75) is 31.8 Å². The Labute approximate surface area is 111 Å². The zero-order valence-corrected chi connectivity index (χ0v) is 11.0. The van der Waals surface area contributed by atoms with Gasteiger partial charge < -0.3 is 20.4 Å². The summed E-state index contributed by atoms with van der Waals surface area (Å²) in [6, 6.07) is 3.03. The number of hydrogen-bond donors (Lipinski definition) is 2. The maximum absolute atomic E-state index is 12.2. The number of aryl methyl sites for hydroxylation is 1. The maximum Gasteiger partial charge on any atom is 0.250 e. The first kappa shape index (κ1) is 13.8. The molecule has 19 heavy (non-hydrogen) atoms. The van der Waals surface area contributed by atoms with Gasteiger partial charge in [-0.3, -0.25) is 9.59 Å². The quantitative estimate of drug-likeness (QED) is 0.823. The molecule has 0 aromatic carbocycles. The van der Waals surface area contributed by atoms with E-state index in [1.807, 2.05) is 6.92 Å². The van der Waals surface area contributed by atoms with Gasteiger partial charge >= 0.3 is 0 Å². The van der Waals surface area contributed by atoms with Crippen LogP contribution in [0.3, 0.4) is 0 Å². The van der Waals surface area contributed by atoms with Crippen molar-refractivity contribution >= 4 is 11.6 Å². The first-order valence-corrected chi connectivity index (χ1v) is 6.44. The van der Waals surface area contributed by atoms with Crippen LogP contribution < -0.4 is 16.6 Å². The molecule has 2 heterocycles. The minimum Gasteiger partial charge on any atom is -0.381 e. The zero-order chi connectivity index (χ0) is 13.9. The van der Waals surface area contributed by atoms with Crippen molar-refractivity contribution in [3.05, 3.63) is 28.7 Å². The van der Waals surface area contributed by atoms with Gasteiger partial charge in [0.1, 0.15) is 5.54 Å². The molecule has 3 N–H and O–H groups in total. The highest BCUT2D eigenvalue weighted by Gasteiger charge is 2.35. The molecule has 1 saturated heterocycles. The van der Waals surface area contributed by atoms with Crippen LogP contribution in [0.2, 0.25) is 0 Å². The first-order chi connectivity index (χ1) is 9.05. The average molecular weight is 265 g/mol. The summed E-state index contributed by atoms with van der Waals surface area (Å²) < 4.78 is 6.74. The molecule has 6 heteroatoms. The van der Waals surface area contributed by atoms with E-state index < -0.39 is 5.54 Å². The first-order valence-electron chi connectivity index (χ1n) is 6.44. The lowest BCUT2D eigenvalue weighted by Gasteiger charge is -2.31. The Bertz CT molecular complexity index is 518. The van der Waals surface area contributed by atoms with Crippen LogP contribution in [0.25, 0.3) is 0 Å². The third-order valence-electron chi connectivity index (χ3n) is 3.42. The van der Waals surface area contributed by atoms with E-state index in [9.17, 15) is 9.59 Å². The number of anilines is 1. The fourth-order valence-electron chi connectivity index (χ4n) is 2.07. The molecule has 1 aliphatic rings. The molecule has 1 amide bonds. The third kappa shape index (κ3) is 3.02. The molecule has 0 bridgehead atoms. The van der Waals surface area contributed by atoms with Gasteiger partial charge in [-0.1, -0.05) is 0 Å². The van der Waals surface area contributed by atoms with Crippen molar-refractivity contribution in [2.24, 2.45) is 5.73 Å². The Morgan fingerprint density at radius 1 is 1.47 bits per heavy atom. The smallest absolute Gasteiger partial charge is 0.250 e. The van der Waals surface area contributed by atoms with Crippen molar-refractivity contribution in [2.75, 3.05) is 18.5 Å². The van der Waals surface area contributed by atoms with Gasteiger partial charge in [-0.25, -0.2) is 0 Å². The molecule has 0 aliphatic carbocycles. The number of nitrogens with one attached hydrogen (secondary N) is 1. The Morgan fingerprint density at radius 3 is 2.79 bits per heavy atom. The number of pyridine rings is 1. The number of ether oxygens (including phenoxy) is 1. The molecule has 1 aromatic rings. The highest BCUT2D eigenvalue weighted by Crippen LogP contribution is 2.19. The number of nitrogens with zero attached hydrogens (tertiary/aromatic N) is 1. The summed E-state index contributed by atoms with van der Waals surface area (Å²) in [7, 11) is 0. The average Bonchev–Trinajstić information content (AvgIpc) is 2.41. The van der Waals surface area contributed by atoms with Crippen molar-refractivity contribution in [1.82, 2.24) is 4.57 Å². The molecule has 1 aliphatic heterocycles. The van der Waals surface area contributed by atoms with Crippen molar-refractivity contribution < 1.29 is 9.53 Å². The minimum atomic E-state index is -0.884. The summed E-state index contributed by atoms with van der Waals surface area (Å²) in [5.74, 6) is -0.225. The fourth-order valence-corrected chi connectivity index (χ4v) is 2.07. The van der Waals surface area contributed by atoms with Crippen LogP contribution in [0.5, 0.6) is 0 Å². The van der Waals surface area contributed by atoms with Gasteiger partial charge in [-0.2, -0.15) is 0 Å². The second kappa shape index (κ2) is 5.54. The molecule has 2 rings (SSSR count). The molecule has 104 valence electrons. The second-order valence-corrected chi connectivity index (χ2v) is 4.76. The van der Waals surface area contributed by atoms with Gasteiger partial charge in [0.15, 0.2) is 0 Å². The van der Waals surface area contributed by atoms with Gasteiger partial charge in [0.2, 0.25) is 5.91 Å². The van der Waals surface area contributed by atoms with E-state index in [0.29, 0.717) is 38.3 Å². The van der Waals surface area contributed by atoms with Gasteiger partial charge in [0.05, 0.1) is 5.69 Å². The number of amides is 1. The Kier molecular flexibility index (Phi) is 4.01. The summed E-state index contributed by atoms with van der Waals surface area (Å²) in [5.41, 5.74) is 5.70. The lowest BCUT2D eigenvalue weighted by Crippen LogP contribution is -2.54. The van der Waals surface area contributed by atoms with Crippen LogP contribution >= 0.6 is 0 Å². The number of rotatable bonds is 3. The van der Waals surface area contributed by atoms with Crippen molar-refractivity contribution in [3.8, 4) is 0 Å². The monoisotopic (exact) mass is 265 g/mol. The van der Waals surface area contributed by atoms with E-state index in [-0.39, 0.29) is 11.5 Å². The Morgan fingerprint density at radius 2 is 2.16 bits per heavy atom. The summed E-state index contributed by atoms with van der Waals surface area (Å²) >= 11 is 0. The highest BCUT2D eigenvalue weighted by atomic mass is 16.5. The van der Waals surface area contributed by atoms with Crippen LogP contribution in [0, 0.1) is 0 Å². The molecule has 0 saturated carbocycles. The van der Waals surface area contributed by atoms with Crippen LogP contribution in [-0.4, -0.2) is 29.2 Å². The van der Waals surface area contributed by atoms with Crippen molar-refractivity contribution in [3.63, 3.8) is 0 Å². The van der Waals surface area contributed by atoms with Gasteiger partial charge in [-0.05, 0) is 25.8 Å². The minimum absolute atomic E-state index is 0.0889.